The van der Waals surface area contributed by atoms with Crippen molar-refractivity contribution in [1.29, 1.82) is 0 Å². The highest BCUT2D eigenvalue weighted by molar-refractivity contribution is 5.79. The lowest BCUT2D eigenvalue weighted by Crippen LogP contribution is -2.48. The van der Waals surface area contributed by atoms with E-state index < -0.39 is 0 Å². The van der Waals surface area contributed by atoms with Crippen LogP contribution >= 0.6 is 0 Å². The Balaban J connectivity index is 1.79. The second-order valence-corrected chi connectivity index (χ2v) is 4.59. The van der Waals surface area contributed by atoms with E-state index in [0.29, 0.717) is 0 Å². The van der Waals surface area contributed by atoms with Crippen LogP contribution in [0, 0.1) is 5.92 Å². The summed E-state index contributed by atoms with van der Waals surface area (Å²) >= 11 is 0. The Morgan fingerprint density at radius 2 is 1.79 bits per heavy atom. The van der Waals surface area contributed by atoms with Crippen molar-refractivity contribution >= 4 is 5.91 Å². The fraction of sp³-hybridized carbons (Fsp3) is 0.909. The molecule has 2 aliphatic carbocycles. The Labute approximate surface area is 84.9 Å². The minimum Gasteiger partial charge on any atom is -0.391 e. The SMILES string of the molecule is O=C(N[C@H]1CCCC[C@@H]1O)C1CCC1. The third-order valence-electron chi connectivity index (χ3n) is 3.53. The molecule has 2 aliphatic rings. The van der Waals surface area contributed by atoms with Gasteiger partial charge in [-0.15, -0.1) is 0 Å². The molecule has 0 spiro atoms. The molecule has 2 N–H and O–H groups in total. The summed E-state index contributed by atoms with van der Waals surface area (Å²) in [7, 11) is 0. The lowest BCUT2D eigenvalue weighted by Gasteiger charge is -2.32. The Bertz CT molecular complexity index is 213. The van der Waals surface area contributed by atoms with Crippen molar-refractivity contribution in [2.75, 3.05) is 0 Å². The summed E-state index contributed by atoms with van der Waals surface area (Å²) in [5.41, 5.74) is 0. The zero-order valence-corrected chi connectivity index (χ0v) is 8.54. The van der Waals surface area contributed by atoms with E-state index in [2.05, 4.69) is 5.32 Å². The highest BCUT2D eigenvalue weighted by atomic mass is 16.3. The molecular weight excluding hydrogens is 178 g/mol. The van der Waals surface area contributed by atoms with Gasteiger partial charge in [0.2, 0.25) is 5.91 Å². The van der Waals surface area contributed by atoms with E-state index in [9.17, 15) is 9.90 Å². The Kier molecular flexibility index (Phi) is 3.06. The van der Waals surface area contributed by atoms with Crippen LogP contribution in [0.3, 0.4) is 0 Å². The average Bonchev–Trinajstić information content (AvgIpc) is 2.05. The lowest BCUT2D eigenvalue weighted by molar-refractivity contribution is -0.129. The first kappa shape index (κ1) is 9.97. The molecule has 0 unspecified atom stereocenters. The van der Waals surface area contributed by atoms with Gasteiger partial charge < -0.3 is 10.4 Å². The van der Waals surface area contributed by atoms with Crippen molar-refractivity contribution < 1.29 is 9.90 Å². The highest BCUT2D eigenvalue weighted by Crippen LogP contribution is 2.27. The normalized spacial score (nSPS) is 33.5. The number of carbonyl (C=O) groups excluding carboxylic acids is 1. The van der Waals surface area contributed by atoms with Gasteiger partial charge in [0.25, 0.3) is 0 Å². The van der Waals surface area contributed by atoms with Crippen LogP contribution in [-0.2, 0) is 4.79 Å². The molecule has 14 heavy (non-hydrogen) atoms. The lowest BCUT2D eigenvalue weighted by atomic mass is 9.84. The molecule has 1 amide bonds. The Hall–Kier alpha value is -0.570. The summed E-state index contributed by atoms with van der Waals surface area (Å²) in [6.07, 6.45) is 6.96. The van der Waals surface area contributed by atoms with Crippen LogP contribution in [0.1, 0.15) is 44.9 Å². The van der Waals surface area contributed by atoms with E-state index in [4.69, 9.17) is 0 Å². The molecule has 0 bridgehead atoms. The summed E-state index contributed by atoms with van der Waals surface area (Å²) in [6, 6.07) is 0.0249. The second-order valence-electron chi connectivity index (χ2n) is 4.59. The van der Waals surface area contributed by atoms with Crippen molar-refractivity contribution in [2.45, 2.75) is 57.1 Å². The van der Waals surface area contributed by atoms with Gasteiger partial charge in [0.15, 0.2) is 0 Å². The van der Waals surface area contributed by atoms with Crippen LogP contribution in [0.25, 0.3) is 0 Å². The van der Waals surface area contributed by atoms with Gasteiger partial charge in [0.05, 0.1) is 12.1 Å². The summed E-state index contributed by atoms with van der Waals surface area (Å²) in [4.78, 5) is 11.6. The topological polar surface area (TPSA) is 49.3 Å². The van der Waals surface area contributed by atoms with Crippen LogP contribution in [-0.4, -0.2) is 23.2 Å². The molecule has 0 radical (unpaired) electrons. The average molecular weight is 197 g/mol. The monoisotopic (exact) mass is 197 g/mol. The number of aliphatic hydroxyl groups excluding tert-OH is 1. The maximum absolute atomic E-state index is 11.6. The number of aliphatic hydroxyl groups is 1. The molecule has 0 saturated heterocycles. The zero-order chi connectivity index (χ0) is 9.97. The molecule has 0 heterocycles. The first-order valence-corrected chi connectivity index (χ1v) is 5.76. The first-order chi connectivity index (χ1) is 6.77. The highest BCUT2D eigenvalue weighted by Gasteiger charge is 2.30. The molecular formula is C11H19NO2. The van der Waals surface area contributed by atoms with E-state index in [1.54, 1.807) is 0 Å². The van der Waals surface area contributed by atoms with Gasteiger partial charge >= 0.3 is 0 Å². The van der Waals surface area contributed by atoms with Crippen molar-refractivity contribution in [1.82, 2.24) is 5.32 Å². The van der Waals surface area contributed by atoms with Crippen LogP contribution in [0.2, 0.25) is 0 Å². The fourth-order valence-corrected chi connectivity index (χ4v) is 2.25. The molecule has 0 aromatic carbocycles. The summed E-state index contributed by atoms with van der Waals surface area (Å²) < 4.78 is 0. The van der Waals surface area contributed by atoms with Crippen LogP contribution < -0.4 is 5.32 Å². The predicted molar refractivity (Wildman–Crippen MR) is 53.7 cm³/mol. The molecule has 0 aromatic heterocycles. The van der Waals surface area contributed by atoms with Crippen molar-refractivity contribution in [2.24, 2.45) is 5.92 Å². The van der Waals surface area contributed by atoms with Gasteiger partial charge in [-0.2, -0.15) is 0 Å². The first-order valence-electron chi connectivity index (χ1n) is 5.76. The molecule has 3 nitrogen and oxygen atoms in total. The van der Waals surface area contributed by atoms with Crippen LogP contribution in [0.15, 0.2) is 0 Å². The van der Waals surface area contributed by atoms with Crippen molar-refractivity contribution in [3.63, 3.8) is 0 Å². The molecule has 3 heteroatoms. The van der Waals surface area contributed by atoms with E-state index in [-0.39, 0.29) is 24.0 Å². The van der Waals surface area contributed by atoms with Crippen LogP contribution in [0.5, 0.6) is 0 Å². The van der Waals surface area contributed by atoms with Gasteiger partial charge in [0.1, 0.15) is 0 Å². The van der Waals surface area contributed by atoms with E-state index in [0.717, 1.165) is 38.5 Å². The van der Waals surface area contributed by atoms with Gasteiger partial charge in [-0.25, -0.2) is 0 Å². The molecule has 2 saturated carbocycles. The summed E-state index contributed by atoms with van der Waals surface area (Å²) in [6.45, 7) is 0. The molecule has 0 aromatic rings. The minimum atomic E-state index is -0.312. The number of carbonyl (C=O) groups is 1. The second kappa shape index (κ2) is 4.30. The maximum atomic E-state index is 11.6. The predicted octanol–water partition coefficient (Wildman–Crippen LogP) is 1.21. The standard InChI is InChI=1S/C11H19NO2/c13-10-7-2-1-6-9(10)12-11(14)8-4-3-5-8/h8-10,13H,1-7H2,(H,12,14)/t9-,10-/m0/s1. The van der Waals surface area contributed by atoms with Crippen LogP contribution in [0.4, 0.5) is 0 Å². The van der Waals surface area contributed by atoms with E-state index in [1.165, 1.54) is 6.42 Å². The number of hydrogen-bond donors (Lipinski definition) is 2. The number of nitrogens with one attached hydrogen (secondary N) is 1. The Morgan fingerprint density at radius 3 is 2.36 bits per heavy atom. The van der Waals surface area contributed by atoms with E-state index in [1.807, 2.05) is 0 Å². The molecule has 80 valence electrons. The van der Waals surface area contributed by atoms with Crippen molar-refractivity contribution in [3.8, 4) is 0 Å². The fourth-order valence-electron chi connectivity index (χ4n) is 2.25. The van der Waals surface area contributed by atoms with Gasteiger partial charge in [-0.3, -0.25) is 4.79 Å². The molecule has 2 rings (SSSR count). The van der Waals surface area contributed by atoms with E-state index >= 15 is 0 Å². The molecule has 2 fully saturated rings. The Morgan fingerprint density at radius 1 is 1.07 bits per heavy atom. The number of hydrogen-bond acceptors (Lipinski definition) is 2. The minimum absolute atomic E-state index is 0.0249. The third-order valence-corrected chi connectivity index (χ3v) is 3.53. The number of rotatable bonds is 2. The quantitative estimate of drug-likeness (QED) is 0.699. The summed E-state index contributed by atoms with van der Waals surface area (Å²) in [5.74, 6) is 0.409. The number of amides is 1. The smallest absolute Gasteiger partial charge is 0.223 e. The van der Waals surface area contributed by atoms with Gasteiger partial charge in [-0.1, -0.05) is 19.3 Å². The maximum Gasteiger partial charge on any atom is 0.223 e. The van der Waals surface area contributed by atoms with Gasteiger partial charge in [-0.05, 0) is 25.7 Å². The third kappa shape index (κ3) is 2.08. The largest absolute Gasteiger partial charge is 0.391 e. The van der Waals surface area contributed by atoms with Crippen molar-refractivity contribution in [3.05, 3.63) is 0 Å². The zero-order valence-electron chi connectivity index (χ0n) is 8.54. The molecule has 2 atom stereocenters. The summed E-state index contributed by atoms with van der Waals surface area (Å²) in [5, 5.41) is 12.7. The molecule has 0 aliphatic heterocycles. The van der Waals surface area contributed by atoms with Gasteiger partial charge in [0, 0.05) is 5.92 Å².